The monoisotopic (exact) mass is 276 g/mol. The van der Waals surface area contributed by atoms with Gasteiger partial charge < -0.3 is 4.52 Å². The van der Waals surface area contributed by atoms with Crippen LogP contribution in [0.3, 0.4) is 0 Å². The van der Waals surface area contributed by atoms with Crippen LogP contribution in [0.1, 0.15) is 48.8 Å². The number of rotatable bonds is 5. The van der Waals surface area contributed by atoms with E-state index in [1.807, 2.05) is 38.1 Å². The molecular formula is C14H16N2O2S. The average molecular weight is 276 g/mol. The number of thioether (sulfide) groups is 1. The van der Waals surface area contributed by atoms with Gasteiger partial charge in [0, 0.05) is 16.4 Å². The first-order valence-electron chi connectivity index (χ1n) is 6.12. The van der Waals surface area contributed by atoms with Crippen LogP contribution in [0.15, 0.2) is 33.7 Å². The van der Waals surface area contributed by atoms with Crippen molar-refractivity contribution in [3.63, 3.8) is 0 Å². The summed E-state index contributed by atoms with van der Waals surface area (Å²) in [6.45, 7) is 5.62. The summed E-state index contributed by atoms with van der Waals surface area (Å²) in [5.41, 5.74) is 0.726. The molecule has 0 saturated heterocycles. The van der Waals surface area contributed by atoms with Crippen molar-refractivity contribution >= 4 is 17.5 Å². The minimum Gasteiger partial charge on any atom is -0.338 e. The molecule has 0 atom stereocenters. The Morgan fingerprint density at radius 2 is 2.00 bits per heavy atom. The lowest BCUT2D eigenvalue weighted by Crippen LogP contribution is -1.91. The molecule has 2 aromatic rings. The lowest BCUT2D eigenvalue weighted by atomic mass is 10.2. The maximum Gasteiger partial charge on any atom is 0.237 e. The fourth-order valence-corrected chi connectivity index (χ4v) is 2.23. The third-order valence-corrected chi connectivity index (χ3v) is 3.62. The molecule has 19 heavy (non-hydrogen) atoms. The molecule has 100 valence electrons. The third kappa shape index (κ3) is 3.67. The SMILES string of the molecule is CC(=O)c1ccc(SCc2nc(C(C)C)no2)cc1. The molecule has 0 aliphatic carbocycles. The van der Waals surface area contributed by atoms with Crippen LogP contribution in [-0.2, 0) is 5.75 Å². The van der Waals surface area contributed by atoms with Crippen LogP contribution in [0, 0.1) is 0 Å². The Labute approximate surface area is 116 Å². The Hall–Kier alpha value is -1.62. The van der Waals surface area contributed by atoms with Gasteiger partial charge in [0.2, 0.25) is 5.89 Å². The van der Waals surface area contributed by atoms with Crippen LogP contribution in [0.4, 0.5) is 0 Å². The summed E-state index contributed by atoms with van der Waals surface area (Å²) >= 11 is 1.61. The van der Waals surface area contributed by atoms with Crippen LogP contribution < -0.4 is 0 Å². The highest BCUT2D eigenvalue weighted by Crippen LogP contribution is 2.23. The maximum absolute atomic E-state index is 11.2. The number of aromatic nitrogens is 2. The van der Waals surface area contributed by atoms with Crippen molar-refractivity contribution in [2.75, 3.05) is 0 Å². The molecule has 0 N–H and O–H groups in total. The molecule has 0 bridgehead atoms. The van der Waals surface area contributed by atoms with Gasteiger partial charge in [0.05, 0.1) is 5.75 Å². The van der Waals surface area contributed by atoms with Gasteiger partial charge in [-0.25, -0.2) is 0 Å². The van der Waals surface area contributed by atoms with Crippen molar-refractivity contribution in [2.24, 2.45) is 0 Å². The van der Waals surface area contributed by atoms with Gasteiger partial charge in [0.15, 0.2) is 11.6 Å². The summed E-state index contributed by atoms with van der Waals surface area (Å²) < 4.78 is 5.17. The van der Waals surface area contributed by atoms with Crippen LogP contribution in [0.5, 0.6) is 0 Å². The molecule has 0 spiro atoms. The number of benzene rings is 1. The minimum atomic E-state index is 0.0787. The zero-order valence-corrected chi connectivity index (χ0v) is 12.0. The Bertz CT molecular complexity index is 561. The van der Waals surface area contributed by atoms with Crippen LogP contribution in [-0.4, -0.2) is 15.9 Å². The Morgan fingerprint density at radius 3 is 2.53 bits per heavy atom. The number of carbonyl (C=O) groups excluding carboxylic acids is 1. The molecule has 0 aliphatic heterocycles. The molecule has 0 unspecified atom stereocenters. The molecule has 2 rings (SSSR count). The molecule has 1 aromatic carbocycles. The predicted octanol–water partition coefficient (Wildman–Crippen LogP) is 3.69. The zero-order chi connectivity index (χ0) is 13.8. The number of nitrogens with zero attached hydrogens (tertiary/aromatic N) is 2. The molecule has 0 fully saturated rings. The second-order valence-electron chi connectivity index (χ2n) is 4.57. The van der Waals surface area contributed by atoms with E-state index in [1.54, 1.807) is 18.7 Å². The number of ketones is 1. The average Bonchev–Trinajstić information content (AvgIpc) is 2.86. The highest BCUT2D eigenvalue weighted by Gasteiger charge is 2.09. The molecular weight excluding hydrogens is 260 g/mol. The number of hydrogen-bond donors (Lipinski definition) is 0. The number of hydrogen-bond acceptors (Lipinski definition) is 5. The first-order valence-corrected chi connectivity index (χ1v) is 7.11. The van der Waals surface area contributed by atoms with E-state index in [2.05, 4.69) is 10.1 Å². The van der Waals surface area contributed by atoms with Crippen molar-refractivity contribution in [3.05, 3.63) is 41.5 Å². The number of Topliss-reactive ketones (excluding diaryl/α,β-unsaturated/α-hetero) is 1. The Kier molecular flexibility index (Phi) is 4.37. The zero-order valence-electron chi connectivity index (χ0n) is 11.2. The van der Waals surface area contributed by atoms with Gasteiger partial charge in [-0.1, -0.05) is 31.1 Å². The van der Waals surface area contributed by atoms with E-state index in [9.17, 15) is 4.79 Å². The predicted molar refractivity (Wildman–Crippen MR) is 74.4 cm³/mol. The lowest BCUT2D eigenvalue weighted by Gasteiger charge is -2.00. The molecule has 0 radical (unpaired) electrons. The second-order valence-corrected chi connectivity index (χ2v) is 5.62. The summed E-state index contributed by atoms with van der Waals surface area (Å²) in [4.78, 5) is 16.6. The van der Waals surface area contributed by atoms with E-state index in [0.717, 1.165) is 16.3 Å². The summed E-state index contributed by atoms with van der Waals surface area (Å²) in [5.74, 6) is 2.36. The largest absolute Gasteiger partial charge is 0.338 e. The van der Waals surface area contributed by atoms with E-state index < -0.39 is 0 Å². The standard InChI is InChI=1S/C14H16N2O2S/c1-9(2)14-15-13(18-16-14)8-19-12-6-4-11(5-7-12)10(3)17/h4-7,9H,8H2,1-3H3. The fourth-order valence-electron chi connectivity index (χ4n) is 1.49. The second kappa shape index (κ2) is 6.02. The van der Waals surface area contributed by atoms with Crippen LogP contribution >= 0.6 is 11.8 Å². The van der Waals surface area contributed by atoms with Gasteiger partial charge in [-0.3, -0.25) is 4.79 Å². The van der Waals surface area contributed by atoms with Gasteiger partial charge in [0.1, 0.15) is 0 Å². The van der Waals surface area contributed by atoms with Crippen LogP contribution in [0.25, 0.3) is 0 Å². The first-order chi connectivity index (χ1) is 9.06. The van der Waals surface area contributed by atoms with E-state index in [-0.39, 0.29) is 11.7 Å². The molecule has 5 heteroatoms. The van der Waals surface area contributed by atoms with E-state index in [4.69, 9.17) is 4.52 Å². The molecule has 0 amide bonds. The van der Waals surface area contributed by atoms with Crippen molar-refractivity contribution in [2.45, 2.75) is 37.3 Å². The smallest absolute Gasteiger partial charge is 0.237 e. The van der Waals surface area contributed by atoms with Gasteiger partial charge in [-0.2, -0.15) is 4.98 Å². The van der Waals surface area contributed by atoms with Gasteiger partial charge >= 0.3 is 0 Å². The fraction of sp³-hybridized carbons (Fsp3) is 0.357. The lowest BCUT2D eigenvalue weighted by molar-refractivity contribution is 0.101. The highest BCUT2D eigenvalue weighted by molar-refractivity contribution is 7.98. The van der Waals surface area contributed by atoms with Crippen molar-refractivity contribution < 1.29 is 9.32 Å². The van der Waals surface area contributed by atoms with Crippen molar-refractivity contribution in [3.8, 4) is 0 Å². The number of carbonyl (C=O) groups is 1. The molecule has 0 aliphatic rings. The third-order valence-electron chi connectivity index (χ3n) is 2.62. The Balaban J connectivity index is 1.96. The van der Waals surface area contributed by atoms with Crippen molar-refractivity contribution in [1.29, 1.82) is 0 Å². The van der Waals surface area contributed by atoms with E-state index >= 15 is 0 Å². The van der Waals surface area contributed by atoms with E-state index in [1.165, 1.54) is 0 Å². The highest BCUT2D eigenvalue weighted by atomic mass is 32.2. The molecule has 0 saturated carbocycles. The van der Waals surface area contributed by atoms with E-state index in [0.29, 0.717) is 11.6 Å². The molecule has 4 nitrogen and oxygen atoms in total. The van der Waals surface area contributed by atoms with Crippen molar-refractivity contribution in [1.82, 2.24) is 10.1 Å². The van der Waals surface area contributed by atoms with Gasteiger partial charge in [0.25, 0.3) is 0 Å². The summed E-state index contributed by atoms with van der Waals surface area (Å²) in [7, 11) is 0. The molecule has 1 aromatic heterocycles. The summed E-state index contributed by atoms with van der Waals surface area (Å²) in [5, 5.41) is 3.92. The first kappa shape index (κ1) is 13.8. The normalized spacial score (nSPS) is 10.9. The topological polar surface area (TPSA) is 56.0 Å². The van der Waals surface area contributed by atoms with Gasteiger partial charge in [-0.15, -0.1) is 11.8 Å². The van der Waals surface area contributed by atoms with Gasteiger partial charge in [-0.05, 0) is 19.1 Å². The summed E-state index contributed by atoms with van der Waals surface area (Å²) in [6.07, 6.45) is 0. The molecule has 1 heterocycles. The van der Waals surface area contributed by atoms with Crippen LogP contribution in [0.2, 0.25) is 0 Å². The minimum absolute atomic E-state index is 0.0787. The Morgan fingerprint density at radius 1 is 1.32 bits per heavy atom. The quantitative estimate of drug-likeness (QED) is 0.616. The maximum atomic E-state index is 11.2. The summed E-state index contributed by atoms with van der Waals surface area (Å²) in [6, 6.07) is 7.53.